The van der Waals surface area contributed by atoms with Gasteiger partial charge in [0.05, 0.1) is 6.61 Å². The lowest BCUT2D eigenvalue weighted by molar-refractivity contribution is 0.276. The van der Waals surface area contributed by atoms with E-state index in [0.29, 0.717) is 17.1 Å². The number of rotatable bonds is 3. The maximum Gasteiger partial charge on any atom is 0.133 e. The van der Waals surface area contributed by atoms with Crippen LogP contribution in [0, 0.1) is 12.7 Å². The molecule has 0 aliphatic carbocycles. The summed E-state index contributed by atoms with van der Waals surface area (Å²) in [5.74, 6) is 0.719. The van der Waals surface area contributed by atoms with Crippen LogP contribution in [0.5, 0.6) is 11.5 Å². The number of aliphatic hydroxyl groups is 1. The van der Waals surface area contributed by atoms with E-state index in [0.717, 1.165) is 10.0 Å². The van der Waals surface area contributed by atoms with Crippen molar-refractivity contribution in [2.45, 2.75) is 13.5 Å². The van der Waals surface area contributed by atoms with Gasteiger partial charge in [0.2, 0.25) is 0 Å². The highest BCUT2D eigenvalue weighted by molar-refractivity contribution is 9.10. The highest BCUT2D eigenvalue weighted by atomic mass is 79.9. The van der Waals surface area contributed by atoms with E-state index in [1.807, 2.05) is 25.1 Å². The van der Waals surface area contributed by atoms with Crippen molar-refractivity contribution in [3.8, 4) is 11.5 Å². The molecule has 18 heavy (non-hydrogen) atoms. The highest BCUT2D eigenvalue weighted by Gasteiger charge is 2.06. The summed E-state index contributed by atoms with van der Waals surface area (Å²) >= 11 is 3.41. The Morgan fingerprint density at radius 2 is 2.00 bits per heavy atom. The molecule has 0 aromatic heterocycles. The van der Waals surface area contributed by atoms with Gasteiger partial charge in [0.1, 0.15) is 17.3 Å². The predicted octanol–water partition coefficient (Wildman–Crippen LogP) is 4.18. The number of aryl methyl sites for hydroxylation is 1. The van der Waals surface area contributed by atoms with E-state index >= 15 is 0 Å². The van der Waals surface area contributed by atoms with E-state index < -0.39 is 5.82 Å². The predicted molar refractivity (Wildman–Crippen MR) is 71.3 cm³/mol. The van der Waals surface area contributed by atoms with Gasteiger partial charge >= 0.3 is 0 Å². The Balaban J connectivity index is 2.30. The first-order chi connectivity index (χ1) is 8.60. The minimum Gasteiger partial charge on any atom is -0.457 e. The van der Waals surface area contributed by atoms with Crippen LogP contribution in [0.2, 0.25) is 0 Å². The summed E-state index contributed by atoms with van der Waals surface area (Å²) in [6, 6.07) is 9.64. The summed E-state index contributed by atoms with van der Waals surface area (Å²) in [6.45, 7) is 1.69. The van der Waals surface area contributed by atoms with E-state index in [9.17, 15) is 4.39 Å². The van der Waals surface area contributed by atoms with Gasteiger partial charge in [-0.05, 0) is 48.9 Å². The molecule has 1 N–H and O–H groups in total. The van der Waals surface area contributed by atoms with Crippen molar-refractivity contribution >= 4 is 15.9 Å². The third-order valence-electron chi connectivity index (χ3n) is 2.55. The first kappa shape index (κ1) is 13.1. The zero-order chi connectivity index (χ0) is 13.1. The topological polar surface area (TPSA) is 29.5 Å². The fourth-order valence-electron chi connectivity index (χ4n) is 1.58. The molecular formula is C14H12BrFO2. The largest absolute Gasteiger partial charge is 0.457 e. The molecule has 4 heteroatoms. The Labute approximate surface area is 113 Å². The van der Waals surface area contributed by atoms with Gasteiger partial charge in [-0.25, -0.2) is 4.39 Å². The van der Waals surface area contributed by atoms with E-state index in [1.165, 1.54) is 18.2 Å². The fourth-order valence-corrected chi connectivity index (χ4v) is 1.83. The van der Waals surface area contributed by atoms with Gasteiger partial charge in [0.15, 0.2) is 0 Å². The van der Waals surface area contributed by atoms with Crippen LogP contribution in [0.1, 0.15) is 11.1 Å². The second kappa shape index (κ2) is 5.50. The molecule has 0 spiro atoms. The van der Waals surface area contributed by atoms with Crippen LogP contribution >= 0.6 is 15.9 Å². The molecule has 0 atom stereocenters. The van der Waals surface area contributed by atoms with Crippen molar-refractivity contribution < 1.29 is 14.2 Å². The van der Waals surface area contributed by atoms with E-state index in [1.54, 1.807) is 0 Å². The lowest BCUT2D eigenvalue weighted by atomic mass is 10.2. The number of ether oxygens (including phenoxy) is 1. The van der Waals surface area contributed by atoms with Crippen LogP contribution < -0.4 is 4.74 Å². The molecule has 0 aliphatic rings. The van der Waals surface area contributed by atoms with Crippen molar-refractivity contribution in [1.29, 1.82) is 0 Å². The molecule has 2 aromatic rings. The van der Waals surface area contributed by atoms with Gasteiger partial charge in [0.25, 0.3) is 0 Å². The molecule has 94 valence electrons. The monoisotopic (exact) mass is 310 g/mol. The zero-order valence-electron chi connectivity index (χ0n) is 9.78. The number of benzene rings is 2. The molecule has 0 unspecified atom stereocenters. The quantitative estimate of drug-likeness (QED) is 0.921. The van der Waals surface area contributed by atoms with Gasteiger partial charge < -0.3 is 9.84 Å². The van der Waals surface area contributed by atoms with Crippen LogP contribution in [0.25, 0.3) is 0 Å². The highest BCUT2D eigenvalue weighted by Crippen LogP contribution is 2.28. The summed E-state index contributed by atoms with van der Waals surface area (Å²) in [4.78, 5) is 0. The van der Waals surface area contributed by atoms with Gasteiger partial charge in [-0.15, -0.1) is 0 Å². The van der Waals surface area contributed by atoms with Gasteiger partial charge in [-0.1, -0.05) is 15.9 Å². The van der Waals surface area contributed by atoms with Crippen molar-refractivity contribution in [2.24, 2.45) is 0 Å². The standard InChI is InChI=1S/C14H12BrFO2/c1-9-6-12(3-4-13(9)15)18-14-5-2-11(16)7-10(14)8-17/h2-7,17H,8H2,1H3. The maximum absolute atomic E-state index is 13.0. The Morgan fingerprint density at radius 1 is 1.22 bits per heavy atom. The number of hydrogen-bond donors (Lipinski definition) is 1. The van der Waals surface area contributed by atoms with Crippen LogP contribution in [0.15, 0.2) is 40.9 Å². The Morgan fingerprint density at radius 3 is 2.67 bits per heavy atom. The molecule has 0 fully saturated rings. The molecule has 0 saturated heterocycles. The summed E-state index contributed by atoms with van der Waals surface area (Å²) in [6.07, 6.45) is 0. The van der Waals surface area contributed by atoms with E-state index in [-0.39, 0.29) is 6.61 Å². The van der Waals surface area contributed by atoms with Crippen molar-refractivity contribution in [3.63, 3.8) is 0 Å². The lowest BCUT2D eigenvalue weighted by Gasteiger charge is -2.10. The van der Waals surface area contributed by atoms with Crippen molar-refractivity contribution in [3.05, 3.63) is 57.8 Å². The minimum absolute atomic E-state index is 0.261. The van der Waals surface area contributed by atoms with Crippen LogP contribution in [0.4, 0.5) is 4.39 Å². The third-order valence-corrected chi connectivity index (χ3v) is 3.44. The molecule has 0 heterocycles. The Kier molecular flexibility index (Phi) is 3.99. The lowest BCUT2D eigenvalue weighted by Crippen LogP contribution is -1.93. The SMILES string of the molecule is Cc1cc(Oc2ccc(F)cc2CO)ccc1Br. The minimum atomic E-state index is -0.390. The van der Waals surface area contributed by atoms with Crippen LogP contribution in [0.3, 0.4) is 0 Å². The molecule has 0 radical (unpaired) electrons. The molecule has 2 rings (SSSR count). The Hall–Kier alpha value is -1.39. The first-order valence-electron chi connectivity index (χ1n) is 5.43. The van der Waals surface area contributed by atoms with Crippen LogP contribution in [-0.4, -0.2) is 5.11 Å². The van der Waals surface area contributed by atoms with E-state index in [2.05, 4.69) is 15.9 Å². The average molecular weight is 311 g/mol. The van der Waals surface area contributed by atoms with Gasteiger partial charge in [0, 0.05) is 10.0 Å². The fraction of sp³-hybridized carbons (Fsp3) is 0.143. The molecule has 2 nitrogen and oxygen atoms in total. The van der Waals surface area contributed by atoms with Gasteiger partial charge in [-0.3, -0.25) is 0 Å². The number of halogens is 2. The number of aliphatic hydroxyl groups excluding tert-OH is 1. The zero-order valence-corrected chi connectivity index (χ0v) is 11.4. The molecule has 0 bridgehead atoms. The molecule has 0 saturated carbocycles. The molecule has 2 aromatic carbocycles. The summed E-state index contributed by atoms with van der Waals surface area (Å²) < 4.78 is 19.7. The van der Waals surface area contributed by atoms with Crippen LogP contribution in [-0.2, 0) is 6.61 Å². The summed E-state index contributed by atoms with van der Waals surface area (Å²) in [5.41, 5.74) is 1.47. The molecule has 0 aliphatic heterocycles. The van der Waals surface area contributed by atoms with Gasteiger partial charge in [-0.2, -0.15) is 0 Å². The number of hydrogen-bond acceptors (Lipinski definition) is 2. The Bertz CT molecular complexity index is 570. The summed E-state index contributed by atoms with van der Waals surface area (Å²) in [5, 5.41) is 9.17. The molecule has 0 amide bonds. The molecular weight excluding hydrogens is 299 g/mol. The van der Waals surface area contributed by atoms with E-state index in [4.69, 9.17) is 9.84 Å². The van der Waals surface area contributed by atoms with Crippen molar-refractivity contribution in [1.82, 2.24) is 0 Å². The van der Waals surface area contributed by atoms with Crippen molar-refractivity contribution in [2.75, 3.05) is 0 Å². The average Bonchev–Trinajstić information content (AvgIpc) is 2.36. The second-order valence-corrected chi connectivity index (χ2v) is 4.78. The second-order valence-electron chi connectivity index (χ2n) is 3.92. The summed E-state index contributed by atoms with van der Waals surface area (Å²) in [7, 11) is 0. The maximum atomic E-state index is 13.0. The smallest absolute Gasteiger partial charge is 0.133 e. The first-order valence-corrected chi connectivity index (χ1v) is 6.23. The third kappa shape index (κ3) is 2.89. The normalized spacial score (nSPS) is 10.4.